The largest absolute Gasteiger partial charge is 0.480 e. The van der Waals surface area contributed by atoms with Crippen molar-refractivity contribution in [3.05, 3.63) is 48.3 Å². The van der Waals surface area contributed by atoms with Crippen LogP contribution >= 0.6 is 11.8 Å². The van der Waals surface area contributed by atoms with Gasteiger partial charge in [0.2, 0.25) is 0 Å². The standard InChI is InChI=1S/C16H17N3O2S/c20-16(21)13-7-4-8-19(13)14-9-17-10-15(18-14)22-11-12-5-2-1-3-6-12/h1-3,5-6,9-10,13H,4,7-8,11H2,(H,20,21). The maximum Gasteiger partial charge on any atom is 0.326 e. The number of benzene rings is 1. The van der Waals surface area contributed by atoms with Gasteiger partial charge in [0.05, 0.1) is 12.4 Å². The van der Waals surface area contributed by atoms with Crippen molar-refractivity contribution < 1.29 is 9.90 Å². The minimum atomic E-state index is -0.790. The van der Waals surface area contributed by atoms with Gasteiger partial charge in [0.15, 0.2) is 0 Å². The summed E-state index contributed by atoms with van der Waals surface area (Å²) in [5.41, 5.74) is 1.23. The van der Waals surface area contributed by atoms with Crippen LogP contribution in [0, 0.1) is 0 Å². The van der Waals surface area contributed by atoms with E-state index in [1.54, 1.807) is 24.2 Å². The predicted molar refractivity (Wildman–Crippen MR) is 86.0 cm³/mol. The summed E-state index contributed by atoms with van der Waals surface area (Å²) in [4.78, 5) is 21.9. The van der Waals surface area contributed by atoms with Gasteiger partial charge in [-0.1, -0.05) is 30.3 Å². The van der Waals surface area contributed by atoms with Crippen molar-refractivity contribution in [3.8, 4) is 0 Å². The van der Waals surface area contributed by atoms with Crippen molar-refractivity contribution in [1.82, 2.24) is 9.97 Å². The van der Waals surface area contributed by atoms with Crippen molar-refractivity contribution in [2.45, 2.75) is 29.7 Å². The van der Waals surface area contributed by atoms with Crippen LogP contribution < -0.4 is 4.90 Å². The Balaban J connectivity index is 1.71. The number of rotatable bonds is 5. The fourth-order valence-corrected chi connectivity index (χ4v) is 3.38. The number of aliphatic carboxylic acids is 1. The van der Waals surface area contributed by atoms with Gasteiger partial charge in [-0.2, -0.15) is 0 Å². The molecular formula is C16H17N3O2S. The van der Waals surface area contributed by atoms with Crippen molar-refractivity contribution in [2.24, 2.45) is 0 Å². The Morgan fingerprint density at radius 1 is 1.32 bits per heavy atom. The molecule has 0 aliphatic carbocycles. The third kappa shape index (κ3) is 3.39. The molecule has 6 heteroatoms. The first kappa shape index (κ1) is 14.8. The van der Waals surface area contributed by atoms with E-state index in [1.165, 1.54) is 5.56 Å². The summed E-state index contributed by atoms with van der Waals surface area (Å²) in [7, 11) is 0. The number of aromatic nitrogens is 2. The topological polar surface area (TPSA) is 66.3 Å². The lowest BCUT2D eigenvalue weighted by Gasteiger charge is -2.22. The molecule has 1 fully saturated rings. The van der Waals surface area contributed by atoms with Crippen LogP contribution in [0.2, 0.25) is 0 Å². The van der Waals surface area contributed by atoms with E-state index in [9.17, 15) is 9.90 Å². The van der Waals surface area contributed by atoms with Crippen LogP contribution in [0.3, 0.4) is 0 Å². The van der Waals surface area contributed by atoms with Crippen LogP contribution in [-0.2, 0) is 10.5 Å². The second kappa shape index (κ2) is 6.79. The van der Waals surface area contributed by atoms with E-state index in [0.29, 0.717) is 12.2 Å². The first-order chi connectivity index (χ1) is 10.7. The van der Waals surface area contributed by atoms with E-state index in [2.05, 4.69) is 22.1 Å². The van der Waals surface area contributed by atoms with Gasteiger partial charge in [-0.15, -0.1) is 11.8 Å². The second-order valence-electron chi connectivity index (χ2n) is 5.18. The molecule has 1 aromatic carbocycles. The molecule has 2 heterocycles. The molecule has 1 aromatic heterocycles. The van der Waals surface area contributed by atoms with Gasteiger partial charge < -0.3 is 10.0 Å². The maximum absolute atomic E-state index is 11.3. The molecule has 22 heavy (non-hydrogen) atoms. The van der Waals surface area contributed by atoms with Crippen molar-refractivity contribution in [1.29, 1.82) is 0 Å². The van der Waals surface area contributed by atoms with E-state index in [4.69, 9.17) is 0 Å². The molecule has 5 nitrogen and oxygen atoms in total. The van der Waals surface area contributed by atoms with Gasteiger partial charge >= 0.3 is 5.97 Å². The SMILES string of the molecule is O=C(O)C1CCCN1c1cncc(SCc2ccccc2)n1. The summed E-state index contributed by atoms with van der Waals surface area (Å²) in [6, 6.07) is 9.69. The number of anilines is 1. The van der Waals surface area contributed by atoms with E-state index in [0.717, 1.165) is 23.7 Å². The van der Waals surface area contributed by atoms with Crippen LogP contribution in [0.15, 0.2) is 47.8 Å². The predicted octanol–water partition coefficient (Wildman–Crippen LogP) is 2.82. The molecule has 0 amide bonds. The van der Waals surface area contributed by atoms with Crippen LogP contribution in [0.25, 0.3) is 0 Å². The molecular weight excluding hydrogens is 298 g/mol. The van der Waals surface area contributed by atoms with Crippen molar-refractivity contribution >= 4 is 23.5 Å². The molecule has 1 saturated heterocycles. The fourth-order valence-electron chi connectivity index (χ4n) is 2.58. The third-order valence-corrected chi connectivity index (χ3v) is 4.63. The lowest BCUT2D eigenvalue weighted by Crippen LogP contribution is -2.36. The van der Waals surface area contributed by atoms with Gasteiger partial charge in [0.25, 0.3) is 0 Å². The highest BCUT2D eigenvalue weighted by Crippen LogP contribution is 2.26. The second-order valence-corrected chi connectivity index (χ2v) is 6.18. The number of thioether (sulfide) groups is 1. The minimum Gasteiger partial charge on any atom is -0.480 e. The molecule has 0 radical (unpaired) electrons. The Morgan fingerprint density at radius 3 is 2.91 bits per heavy atom. The summed E-state index contributed by atoms with van der Waals surface area (Å²) in [5.74, 6) is 0.686. The first-order valence-corrected chi connectivity index (χ1v) is 8.21. The number of hydrogen-bond donors (Lipinski definition) is 1. The maximum atomic E-state index is 11.3. The minimum absolute atomic E-state index is 0.483. The number of carbonyl (C=O) groups is 1. The molecule has 0 bridgehead atoms. The third-order valence-electron chi connectivity index (χ3n) is 3.66. The van der Waals surface area contributed by atoms with Gasteiger partial charge in [0.1, 0.15) is 16.9 Å². The number of nitrogens with zero attached hydrogens (tertiary/aromatic N) is 3. The molecule has 0 spiro atoms. The number of carboxylic acid groups (broad SMARTS) is 1. The zero-order valence-corrected chi connectivity index (χ0v) is 12.9. The monoisotopic (exact) mass is 315 g/mol. The van der Waals surface area contributed by atoms with Crippen LogP contribution in [0.5, 0.6) is 0 Å². The van der Waals surface area contributed by atoms with Gasteiger partial charge in [-0.05, 0) is 18.4 Å². The number of hydrogen-bond acceptors (Lipinski definition) is 5. The van der Waals surface area contributed by atoms with Crippen molar-refractivity contribution in [2.75, 3.05) is 11.4 Å². The zero-order valence-electron chi connectivity index (χ0n) is 12.1. The van der Waals surface area contributed by atoms with E-state index in [1.807, 2.05) is 23.1 Å². The summed E-state index contributed by atoms with van der Waals surface area (Å²) in [5, 5.41) is 10.1. The smallest absolute Gasteiger partial charge is 0.326 e. The van der Waals surface area contributed by atoms with Gasteiger partial charge in [0, 0.05) is 12.3 Å². The zero-order chi connectivity index (χ0) is 15.4. The van der Waals surface area contributed by atoms with Crippen LogP contribution in [-0.4, -0.2) is 33.6 Å². The van der Waals surface area contributed by atoms with Crippen LogP contribution in [0.1, 0.15) is 18.4 Å². The molecule has 1 atom stereocenters. The summed E-state index contributed by atoms with van der Waals surface area (Å²) < 4.78 is 0. The first-order valence-electron chi connectivity index (χ1n) is 7.22. The summed E-state index contributed by atoms with van der Waals surface area (Å²) in [6.45, 7) is 0.721. The average molecular weight is 315 g/mol. The van der Waals surface area contributed by atoms with E-state index < -0.39 is 12.0 Å². The Kier molecular flexibility index (Phi) is 4.58. The Bertz CT molecular complexity index is 651. The molecule has 2 aromatic rings. The highest BCUT2D eigenvalue weighted by molar-refractivity contribution is 7.98. The molecule has 1 aliphatic heterocycles. The Labute approximate surface area is 133 Å². The average Bonchev–Trinajstić information content (AvgIpc) is 3.04. The van der Waals surface area contributed by atoms with Gasteiger partial charge in [-0.25, -0.2) is 9.78 Å². The van der Waals surface area contributed by atoms with E-state index in [-0.39, 0.29) is 0 Å². The van der Waals surface area contributed by atoms with E-state index >= 15 is 0 Å². The fraction of sp³-hybridized carbons (Fsp3) is 0.312. The normalized spacial score (nSPS) is 17.6. The molecule has 0 saturated carbocycles. The lowest BCUT2D eigenvalue weighted by atomic mass is 10.2. The molecule has 114 valence electrons. The quantitative estimate of drug-likeness (QED) is 0.856. The van der Waals surface area contributed by atoms with Crippen molar-refractivity contribution in [3.63, 3.8) is 0 Å². The van der Waals surface area contributed by atoms with Gasteiger partial charge in [-0.3, -0.25) is 4.98 Å². The number of carboxylic acids is 1. The summed E-state index contributed by atoms with van der Waals surface area (Å²) in [6.07, 6.45) is 4.91. The Morgan fingerprint density at radius 2 is 2.14 bits per heavy atom. The van der Waals surface area contributed by atoms with Crippen LogP contribution in [0.4, 0.5) is 5.82 Å². The molecule has 1 aliphatic rings. The highest BCUT2D eigenvalue weighted by Gasteiger charge is 2.31. The molecule has 3 rings (SSSR count). The molecule has 1 unspecified atom stereocenters. The summed E-state index contributed by atoms with van der Waals surface area (Å²) >= 11 is 1.61. The molecule has 1 N–H and O–H groups in total. The Hall–Kier alpha value is -2.08. The lowest BCUT2D eigenvalue weighted by molar-refractivity contribution is -0.138. The highest BCUT2D eigenvalue weighted by atomic mass is 32.2.